The Hall–Kier alpha value is -1.52. The zero-order chi connectivity index (χ0) is 16.3. The Morgan fingerprint density at radius 3 is 2.36 bits per heavy atom. The van der Waals surface area contributed by atoms with E-state index < -0.39 is 0 Å². The summed E-state index contributed by atoms with van der Waals surface area (Å²) < 4.78 is 6.62. The Morgan fingerprint density at radius 2 is 1.77 bits per heavy atom. The number of aryl methyl sites for hydroxylation is 3. The molecule has 2 rings (SSSR count). The van der Waals surface area contributed by atoms with E-state index in [4.69, 9.17) is 16.3 Å². The van der Waals surface area contributed by atoms with Crippen LogP contribution in [0.2, 0.25) is 5.02 Å². The van der Waals surface area contributed by atoms with E-state index >= 15 is 0 Å². The molecular weight excluding hydrogens is 366 g/mol. The predicted molar refractivity (Wildman–Crippen MR) is 93.9 cm³/mol. The molecule has 3 nitrogen and oxygen atoms in total. The number of carbonyl (C=O) groups excluding carboxylic acids is 1. The van der Waals surface area contributed by atoms with E-state index in [1.54, 1.807) is 18.2 Å². The number of hydrogen-bond donors (Lipinski definition) is 1. The number of anilines is 1. The number of carbonyl (C=O) groups is 1. The molecule has 0 aromatic heterocycles. The molecule has 0 aliphatic carbocycles. The van der Waals surface area contributed by atoms with Gasteiger partial charge in [-0.15, -0.1) is 0 Å². The van der Waals surface area contributed by atoms with Gasteiger partial charge in [-0.1, -0.05) is 27.5 Å². The topological polar surface area (TPSA) is 38.3 Å². The Labute approximate surface area is 143 Å². The van der Waals surface area contributed by atoms with E-state index in [0.717, 1.165) is 26.9 Å². The highest BCUT2D eigenvalue weighted by Gasteiger charge is 2.08. The monoisotopic (exact) mass is 381 g/mol. The molecule has 116 valence electrons. The fourth-order valence-electron chi connectivity index (χ4n) is 2.09. The van der Waals surface area contributed by atoms with Crippen LogP contribution in [0.3, 0.4) is 0 Å². The molecule has 1 N–H and O–H groups in total. The maximum absolute atomic E-state index is 12.0. The van der Waals surface area contributed by atoms with Crippen LogP contribution in [0.5, 0.6) is 5.75 Å². The summed E-state index contributed by atoms with van der Waals surface area (Å²) in [6, 6.07) is 9.13. The molecule has 0 fully saturated rings. The number of benzene rings is 2. The Kier molecular flexibility index (Phi) is 5.48. The number of hydrogen-bond acceptors (Lipinski definition) is 2. The largest absolute Gasteiger partial charge is 0.484 e. The Bertz CT molecular complexity index is 693. The highest BCUT2D eigenvalue weighted by molar-refractivity contribution is 9.10. The fraction of sp³-hybridized carbons (Fsp3) is 0.235. The van der Waals surface area contributed by atoms with Gasteiger partial charge < -0.3 is 10.1 Å². The van der Waals surface area contributed by atoms with Gasteiger partial charge in [-0.05, 0) is 67.8 Å². The maximum Gasteiger partial charge on any atom is 0.262 e. The zero-order valence-corrected chi connectivity index (χ0v) is 15.0. The molecule has 0 aliphatic rings. The summed E-state index contributed by atoms with van der Waals surface area (Å²) in [5, 5.41) is 3.46. The van der Waals surface area contributed by atoms with Gasteiger partial charge in [0.25, 0.3) is 5.91 Å². The number of halogens is 2. The zero-order valence-electron chi connectivity index (χ0n) is 12.7. The lowest BCUT2D eigenvalue weighted by Gasteiger charge is -2.11. The molecule has 0 spiro atoms. The van der Waals surface area contributed by atoms with Crippen molar-refractivity contribution in [1.29, 1.82) is 0 Å². The van der Waals surface area contributed by atoms with Gasteiger partial charge in [0, 0.05) is 15.2 Å². The second kappa shape index (κ2) is 7.16. The van der Waals surface area contributed by atoms with Crippen molar-refractivity contribution in [3.63, 3.8) is 0 Å². The summed E-state index contributed by atoms with van der Waals surface area (Å²) in [6.07, 6.45) is 0. The lowest BCUT2D eigenvalue weighted by molar-refractivity contribution is -0.118. The Balaban J connectivity index is 1.98. The molecule has 0 radical (unpaired) electrons. The molecule has 2 aromatic carbocycles. The Morgan fingerprint density at radius 1 is 1.14 bits per heavy atom. The van der Waals surface area contributed by atoms with Crippen LogP contribution < -0.4 is 10.1 Å². The van der Waals surface area contributed by atoms with Gasteiger partial charge >= 0.3 is 0 Å². The first-order valence-electron chi connectivity index (χ1n) is 6.82. The third-order valence-corrected chi connectivity index (χ3v) is 4.73. The quantitative estimate of drug-likeness (QED) is 0.804. The van der Waals surface area contributed by atoms with Crippen molar-refractivity contribution in [2.24, 2.45) is 0 Å². The molecular formula is C17H17BrClNO2. The van der Waals surface area contributed by atoms with Crippen molar-refractivity contribution < 1.29 is 9.53 Å². The second-order valence-electron chi connectivity index (χ2n) is 5.17. The molecule has 0 atom stereocenters. The van der Waals surface area contributed by atoms with Gasteiger partial charge in [-0.2, -0.15) is 0 Å². The predicted octanol–water partition coefficient (Wildman–Crippen LogP) is 5.05. The highest BCUT2D eigenvalue weighted by atomic mass is 79.9. The van der Waals surface area contributed by atoms with E-state index in [-0.39, 0.29) is 12.5 Å². The maximum atomic E-state index is 12.0. The minimum atomic E-state index is -0.205. The van der Waals surface area contributed by atoms with Gasteiger partial charge in [-0.25, -0.2) is 0 Å². The highest BCUT2D eigenvalue weighted by Crippen LogP contribution is 2.26. The SMILES string of the molecule is Cc1cc(Cl)ccc1NC(=O)COc1cc(C)c(Br)c(C)c1. The molecule has 2 aromatic rings. The third kappa shape index (κ3) is 4.24. The molecule has 0 unspecified atom stereocenters. The van der Waals surface area contributed by atoms with Gasteiger partial charge in [0.2, 0.25) is 0 Å². The van der Waals surface area contributed by atoms with E-state index in [2.05, 4.69) is 21.2 Å². The first-order chi connectivity index (χ1) is 10.4. The van der Waals surface area contributed by atoms with Crippen LogP contribution in [0.1, 0.15) is 16.7 Å². The smallest absolute Gasteiger partial charge is 0.262 e. The minimum Gasteiger partial charge on any atom is -0.484 e. The van der Waals surface area contributed by atoms with Crippen molar-refractivity contribution in [2.75, 3.05) is 11.9 Å². The second-order valence-corrected chi connectivity index (χ2v) is 6.40. The number of amides is 1. The summed E-state index contributed by atoms with van der Waals surface area (Å²) in [6.45, 7) is 5.83. The normalized spacial score (nSPS) is 10.4. The molecule has 0 saturated heterocycles. The van der Waals surface area contributed by atoms with Crippen molar-refractivity contribution in [1.82, 2.24) is 0 Å². The first kappa shape index (κ1) is 16.8. The van der Waals surface area contributed by atoms with E-state index in [0.29, 0.717) is 10.8 Å². The summed E-state index contributed by atoms with van der Waals surface area (Å²) in [7, 11) is 0. The molecule has 0 saturated carbocycles. The van der Waals surface area contributed by atoms with Crippen LogP contribution in [0, 0.1) is 20.8 Å². The average molecular weight is 383 g/mol. The van der Waals surface area contributed by atoms with Crippen LogP contribution in [0.15, 0.2) is 34.8 Å². The molecule has 22 heavy (non-hydrogen) atoms. The lowest BCUT2D eigenvalue weighted by atomic mass is 10.1. The standard InChI is InChI=1S/C17H17BrClNO2/c1-10-6-13(19)4-5-15(10)20-16(21)9-22-14-7-11(2)17(18)12(3)8-14/h4-8H,9H2,1-3H3,(H,20,21). The van der Waals surface area contributed by atoms with E-state index in [1.165, 1.54) is 0 Å². The molecule has 0 bridgehead atoms. The summed E-state index contributed by atoms with van der Waals surface area (Å²) >= 11 is 9.40. The van der Waals surface area contributed by atoms with Gasteiger partial charge in [0.15, 0.2) is 6.61 Å². The molecule has 5 heteroatoms. The van der Waals surface area contributed by atoms with E-state index in [9.17, 15) is 4.79 Å². The van der Waals surface area contributed by atoms with Crippen LogP contribution >= 0.6 is 27.5 Å². The minimum absolute atomic E-state index is 0.0391. The van der Waals surface area contributed by atoms with Crippen LogP contribution in [0.25, 0.3) is 0 Å². The van der Waals surface area contributed by atoms with Crippen molar-refractivity contribution >= 4 is 39.1 Å². The number of nitrogens with one attached hydrogen (secondary N) is 1. The van der Waals surface area contributed by atoms with Crippen molar-refractivity contribution in [2.45, 2.75) is 20.8 Å². The number of rotatable bonds is 4. The van der Waals surface area contributed by atoms with Crippen LogP contribution in [0.4, 0.5) is 5.69 Å². The summed E-state index contributed by atoms with van der Waals surface area (Å²) in [4.78, 5) is 12.0. The van der Waals surface area contributed by atoms with Crippen molar-refractivity contribution in [3.8, 4) is 5.75 Å². The van der Waals surface area contributed by atoms with Crippen LogP contribution in [-0.4, -0.2) is 12.5 Å². The summed E-state index contributed by atoms with van der Waals surface area (Å²) in [5.41, 5.74) is 3.80. The lowest BCUT2D eigenvalue weighted by Crippen LogP contribution is -2.20. The average Bonchev–Trinajstić information content (AvgIpc) is 2.45. The van der Waals surface area contributed by atoms with Crippen LogP contribution in [-0.2, 0) is 4.79 Å². The number of ether oxygens (including phenoxy) is 1. The van der Waals surface area contributed by atoms with Crippen molar-refractivity contribution in [3.05, 3.63) is 56.5 Å². The van der Waals surface area contributed by atoms with Gasteiger partial charge in [0.05, 0.1) is 0 Å². The molecule has 0 aliphatic heterocycles. The fourth-order valence-corrected chi connectivity index (χ4v) is 2.55. The first-order valence-corrected chi connectivity index (χ1v) is 7.99. The van der Waals surface area contributed by atoms with E-state index in [1.807, 2.05) is 32.9 Å². The van der Waals surface area contributed by atoms with Gasteiger partial charge in [0.1, 0.15) is 5.75 Å². The summed E-state index contributed by atoms with van der Waals surface area (Å²) in [5.74, 6) is 0.477. The van der Waals surface area contributed by atoms with Gasteiger partial charge in [-0.3, -0.25) is 4.79 Å². The third-order valence-electron chi connectivity index (χ3n) is 3.24. The molecule has 0 heterocycles. The molecule has 1 amide bonds.